The number of esters is 1. The number of ether oxygens (including phenoxy) is 1. The van der Waals surface area contributed by atoms with Gasteiger partial charge in [0.05, 0.1) is 6.61 Å². The summed E-state index contributed by atoms with van der Waals surface area (Å²) in [5.41, 5.74) is 0. The molecule has 1 N–H and O–H groups in total. The molecule has 0 aromatic rings. The maximum Gasteiger partial charge on any atom is 0.305 e. The highest BCUT2D eigenvalue weighted by Gasteiger charge is 2.03. The van der Waals surface area contributed by atoms with Crippen molar-refractivity contribution >= 4 is 5.97 Å². The third kappa shape index (κ3) is 33.4. The average molecular weight is 525 g/mol. The van der Waals surface area contributed by atoms with Crippen LogP contribution >= 0.6 is 0 Å². The van der Waals surface area contributed by atoms with Gasteiger partial charge in [-0.25, -0.2) is 0 Å². The van der Waals surface area contributed by atoms with Crippen molar-refractivity contribution in [2.75, 3.05) is 13.2 Å². The van der Waals surface area contributed by atoms with Crippen LogP contribution in [-0.2, 0) is 9.53 Å². The molecule has 0 bridgehead atoms. The number of carbonyl (C=O) groups is 1. The zero-order valence-electron chi connectivity index (χ0n) is 25.4. The van der Waals surface area contributed by atoms with Crippen molar-refractivity contribution in [1.82, 2.24) is 0 Å². The molecular weight excluding hydrogens is 456 g/mol. The Labute approximate surface area is 233 Å². The first kappa shape index (κ1) is 36.4. The van der Waals surface area contributed by atoms with E-state index in [1.54, 1.807) is 0 Å². The highest BCUT2D eigenvalue weighted by molar-refractivity contribution is 5.69. The standard InChI is InChI=1S/C34H68O3/c1-2-3-4-5-6-7-8-9-15-18-21-24-27-30-33-37-34(36)31-28-25-22-19-16-13-11-10-12-14-17-20-23-26-29-32-35/h35H,2-33H2,1H3. The van der Waals surface area contributed by atoms with Crippen LogP contribution in [0.3, 0.4) is 0 Å². The minimum absolute atomic E-state index is 0.0168. The van der Waals surface area contributed by atoms with Gasteiger partial charge in [-0.15, -0.1) is 0 Å². The van der Waals surface area contributed by atoms with E-state index in [9.17, 15) is 4.79 Å². The largest absolute Gasteiger partial charge is 0.466 e. The Morgan fingerprint density at radius 3 is 1.08 bits per heavy atom. The summed E-state index contributed by atoms with van der Waals surface area (Å²) in [6.07, 6.45) is 38.8. The summed E-state index contributed by atoms with van der Waals surface area (Å²) < 4.78 is 5.42. The topological polar surface area (TPSA) is 46.5 Å². The van der Waals surface area contributed by atoms with Gasteiger partial charge in [0.1, 0.15) is 0 Å². The van der Waals surface area contributed by atoms with Crippen LogP contribution in [0.5, 0.6) is 0 Å². The molecule has 0 aromatic heterocycles. The Hall–Kier alpha value is -0.570. The van der Waals surface area contributed by atoms with Gasteiger partial charge in [0, 0.05) is 13.0 Å². The summed E-state index contributed by atoms with van der Waals surface area (Å²) in [4.78, 5) is 11.9. The smallest absolute Gasteiger partial charge is 0.305 e. The fourth-order valence-corrected chi connectivity index (χ4v) is 5.23. The van der Waals surface area contributed by atoms with E-state index in [1.807, 2.05) is 0 Å². The molecule has 0 radical (unpaired) electrons. The van der Waals surface area contributed by atoms with E-state index in [1.165, 1.54) is 167 Å². The maximum absolute atomic E-state index is 11.9. The molecular formula is C34H68O3. The molecule has 222 valence electrons. The molecule has 0 aliphatic heterocycles. The summed E-state index contributed by atoms with van der Waals surface area (Å²) in [7, 11) is 0. The number of aliphatic hydroxyl groups excluding tert-OH is 1. The van der Waals surface area contributed by atoms with E-state index < -0.39 is 0 Å². The molecule has 0 saturated carbocycles. The second-order valence-electron chi connectivity index (χ2n) is 11.6. The molecule has 0 unspecified atom stereocenters. The first-order valence-electron chi connectivity index (χ1n) is 17.1. The lowest BCUT2D eigenvalue weighted by molar-refractivity contribution is -0.143. The van der Waals surface area contributed by atoms with Gasteiger partial charge < -0.3 is 9.84 Å². The molecule has 0 amide bonds. The lowest BCUT2D eigenvalue weighted by Crippen LogP contribution is -2.05. The third-order valence-corrected chi connectivity index (χ3v) is 7.80. The highest BCUT2D eigenvalue weighted by atomic mass is 16.5. The Morgan fingerprint density at radius 2 is 0.730 bits per heavy atom. The summed E-state index contributed by atoms with van der Waals surface area (Å²) in [6.45, 7) is 3.26. The molecule has 0 aliphatic carbocycles. The van der Waals surface area contributed by atoms with Gasteiger partial charge in [0.2, 0.25) is 0 Å². The fourth-order valence-electron chi connectivity index (χ4n) is 5.23. The molecule has 3 nitrogen and oxygen atoms in total. The van der Waals surface area contributed by atoms with Crippen LogP contribution in [0.4, 0.5) is 0 Å². The molecule has 0 saturated heterocycles. The first-order chi connectivity index (χ1) is 18.3. The van der Waals surface area contributed by atoms with Gasteiger partial charge in [-0.1, -0.05) is 174 Å². The first-order valence-corrected chi connectivity index (χ1v) is 17.1. The van der Waals surface area contributed by atoms with Crippen molar-refractivity contribution < 1.29 is 14.6 Å². The summed E-state index contributed by atoms with van der Waals surface area (Å²) in [5.74, 6) is 0.0168. The predicted octanol–water partition coefficient (Wildman–Crippen LogP) is 11.2. The molecule has 0 spiro atoms. The van der Waals surface area contributed by atoms with E-state index in [4.69, 9.17) is 9.84 Å². The van der Waals surface area contributed by atoms with Crippen LogP contribution in [-0.4, -0.2) is 24.3 Å². The van der Waals surface area contributed by atoms with Crippen molar-refractivity contribution in [3.63, 3.8) is 0 Å². The molecule has 37 heavy (non-hydrogen) atoms. The summed E-state index contributed by atoms with van der Waals surface area (Å²) >= 11 is 0. The Morgan fingerprint density at radius 1 is 0.432 bits per heavy atom. The number of aliphatic hydroxyl groups is 1. The second kappa shape index (κ2) is 33.5. The van der Waals surface area contributed by atoms with E-state index in [2.05, 4.69) is 6.92 Å². The number of hydrogen-bond donors (Lipinski definition) is 1. The minimum Gasteiger partial charge on any atom is -0.466 e. The van der Waals surface area contributed by atoms with Crippen LogP contribution in [0.2, 0.25) is 0 Å². The van der Waals surface area contributed by atoms with Gasteiger partial charge >= 0.3 is 5.97 Å². The second-order valence-corrected chi connectivity index (χ2v) is 11.6. The van der Waals surface area contributed by atoms with Crippen LogP contribution in [0.15, 0.2) is 0 Å². The van der Waals surface area contributed by atoms with Gasteiger partial charge in [-0.2, -0.15) is 0 Å². The van der Waals surface area contributed by atoms with Crippen LogP contribution in [0.1, 0.15) is 200 Å². The number of rotatable bonds is 32. The van der Waals surface area contributed by atoms with Crippen molar-refractivity contribution in [2.45, 2.75) is 200 Å². The summed E-state index contributed by atoms with van der Waals surface area (Å²) in [5, 5.41) is 8.77. The number of hydrogen-bond acceptors (Lipinski definition) is 3. The van der Waals surface area contributed by atoms with Gasteiger partial charge in [-0.05, 0) is 19.3 Å². The van der Waals surface area contributed by atoms with E-state index in [-0.39, 0.29) is 5.97 Å². The molecule has 3 heteroatoms. The Kier molecular flexibility index (Phi) is 32.9. The predicted molar refractivity (Wildman–Crippen MR) is 162 cm³/mol. The molecule has 0 aliphatic rings. The lowest BCUT2D eigenvalue weighted by Gasteiger charge is -2.06. The van der Waals surface area contributed by atoms with E-state index in [0.29, 0.717) is 19.6 Å². The van der Waals surface area contributed by atoms with Crippen molar-refractivity contribution in [3.05, 3.63) is 0 Å². The molecule has 0 fully saturated rings. The van der Waals surface area contributed by atoms with Crippen molar-refractivity contribution in [2.24, 2.45) is 0 Å². The van der Waals surface area contributed by atoms with Crippen molar-refractivity contribution in [3.8, 4) is 0 Å². The third-order valence-electron chi connectivity index (χ3n) is 7.80. The number of carbonyl (C=O) groups excluding carboxylic acids is 1. The fraction of sp³-hybridized carbons (Fsp3) is 0.971. The number of unbranched alkanes of at least 4 members (excludes halogenated alkanes) is 27. The van der Waals surface area contributed by atoms with E-state index in [0.717, 1.165) is 19.3 Å². The molecule has 0 heterocycles. The Bertz CT molecular complexity index is 423. The normalized spacial score (nSPS) is 11.3. The molecule has 0 atom stereocenters. The van der Waals surface area contributed by atoms with Crippen LogP contribution in [0, 0.1) is 0 Å². The molecule has 0 rings (SSSR count). The quantitative estimate of drug-likeness (QED) is 0.0703. The maximum atomic E-state index is 11.9. The van der Waals surface area contributed by atoms with Crippen LogP contribution < -0.4 is 0 Å². The van der Waals surface area contributed by atoms with Gasteiger partial charge in [0.15, 0.2) is 0 Å². The molecule has 0 aromatic carbocycles. The SMILES string of the molecule is CCCCCCCCCCCCCCCCOC(=O)CCCCCCCCCCCCCCCCCO. The lowest BCUT2D eigenvalue weighted by atomic mass is 10.0. The monoisotopic (exact) mass is 525 g/mol. The zero-order valence-corrected chi connectivity index (χ0v) is 25.4. The van der Waals surface area contributed by atoms with Gasteiger partial charge in [0.25, 0.3) is 0 Å². The zero-order chi connectivity index (χ0) is 26.9. The summed E-state index contributed by atoms with van der Waals surface area (Å²) in [6, 6.07) is 0. The minimum atomic E-state index is 0.0168. The Balaban J connectivity index is 3.14. The average Bonchev–Trinajstić information content (AvgIpc) is 2.90. The van der Waals surface area contributed by atoms with Crippen molar-refractivity contribution in [1.29, 1.82) is 0 Å². The van der Waals surface area contributed by atoms with E-state index >= 15 is 0 Å². The van der Waals surface area contributed by atoms with Crippen LogP contribution in [0.25, 0.3) is 0 Å². The highest BCUT2D eigenvalue weighted by Crippen LogP contribution is 2.15. The van der Waals surface area contributed by atoms with Gasteiger partial charge in [-0.3, -0.25) is 4.79 Å².